The zero-order chi connectivity index (χ0) is 26.2. The van der Waals surface area contributed by atoms with Crippen molar-refractivity contribution >= 4 is 28.4 Å². The summed E-state index contributed by atoms with van der Waals surface area (Å²) in [5, 5.41) is 10.3. The van der Waals surface area contributed by atoms with E-state index < -0.39 is 0 Å². The van der Waals surface area contributed by atoms with Crippen LogP contribution in [0, 0.1) is 17.2 Å². The number of aromatic nitrogens is 2. The van der Waals surface area contributed by atoms with E-state index >= 15 is 0 Å². The highest BCUT2D eigenvalue weighted by atomic mass is 16.5. The van der Waals surface area contributed by atoms with Crippen molar-refractivity contribution in [2.45, 2.75) is 32.2 Å². The Morgan fingerprint density at radius 3 is 2.58 bits per heavy atom. The van der Waals surface area contributed by atoms with Gasteiger partial charge in [-0.25, -0.2) is 4.98 Å². The van der Waals surface area contributed by atoms with Gasteiger partial charge in [0, 0.05) is 44.2 Å². The van der Waals surface area contributed by atoms with Crippen molar-refractivity contribution in [2.75, 3.05) is 38.2 Å². The molecule has 4 aromatic rings. The van der Waals surface area contributed by atoms with Crippen LogP contribution in [0.1, 0.15) is 35.1 Å². The molecule has 4 heterocycles. The summed E-state index contributed by atoms with van der Waals surface area (Å²) < 4.78 is 7.48. The number of amides is 1. The van der Waals surface area contributed by atoms with Gasteiger partial charge in [0.25, 0.3) is 0 Å². The molecule has 0 saturated carbocycles. The molecule has 8 nitrogen and oxygen atoms in total. The molecule has 0 radical (unpaired) electrons. The predicted molar refractivity (Wildman–Crippen MR) is 147 cm³/mol. The van der Waals surface area contributed by atoms with Gasteiger partial charge in [0.15, 0.2) is 5.65 Å². The first-order valence-electron chi connectivity index (χ1n) is 13.3. The molecule has 2 N–H and O–H groups in total. The summed E-state index contributed by atoms with van der Waals surface area (Å²) in [5.41, 5.74) is 12.5. The number of rotatable bonds is 6. The highest BCUT2D eigenvalue weighted by molar-refractivity contribution is 5.86. The number of para-hydroxylation sites is 2. The van der Waals surface area contributed by atoms with Crippen LogP contribution in [0.4, 0.5) is 5.82 Å². The van der Waals surface area contributed by atoms with Gasteiger partial charge in [-0.2, -0.15) is 5.26 Å². The zero-order valence-electron chi connectivity index (χ0n) is 21.7. The Morgan fingerprint density at radius 2 is 1.87 bits per heavy atom. The van der Waals surface area contributed by atoms with E-state index in [1.54, 1.807) is 7.11 Å². The molecular weight excluding hydrogens is 476 g/mol. The molecule has 2 aromatic heterocycles. The number of methoxy groups -OCH3 is 1. The first-order chi connectivity index (χ1) is 18.6. The smallest absolute Gasteiger partial charge is 0.220 e. The molecule has 38 heavy (non-hydrogen) atoms. The molecule has 1 saturated heterocycles. The number of primary amides is 1. The van der Waals surface area contributed by atoms with Crippen molar-refractivity contribution in [3.8, 4) is 11.8 Å². The van der Waals surface area contributed by atoms with Crippen molar-refractivity contribution in [3.63, 3.8) is 0 Å². The molecule has 1 amide bonds. The quantitative estimate of drug-likeness (QED) is 0.427. The zero-order valence-corrected chi connectivity index (χ0v) is 21.7. The summed E-state index contributed by atoms with van der Waals surface area (Å²) in [6, 6.07) is 18.9. The first-order valence-corrected chi connectivity index (χ1v) is 13.3. The van der Waals surface area contributed by atoms with Gasteiger partial charge in [0.1, 0.15) is 17.6 Å². The van der Waals surface area contributed by atoms with Crippen LogP contribution in [-0.4, -0.2) is 53.5 Å². The molecule has 6 rings (SSSR count). The lowest BCUT2D eigenvalue weighted by Gasteiger charge is -2.38. The lowest BCUT2D eigenvalue weighted by Crippen LogP contribution is -2.41. The number of piperidine rings is 1. The van der Waals surface area contributed by atoms with Crippen LogP contribution in [0.5, 0.6) is 5.75 Å². The van der Waals surface area contributed by atoms with Crippen LogP contribution >= 0.6 is 0 Å². The van der Waals surface area contributed by atoms with Gasteiger partial charge < -0.3 is 15.4 Å². The van der Waals surface area contributed by atoms with E-state index in [4.69, 9.17) is 15.5 Å². The minimum atomic E-state index is -0.213. The second kappa shape index (κ2) is 9.99. The number of nitrogens with zero attached hydrogens (tertiary/aromatic N) is 5. The van der Waals surface area contributed by atoms with Crippen LogP contribution < -0.4 is 15.4 Å². The lowest BCUT2D eigenvalue weighted by atomic mass is 9.92. The number of carbonyl (C=O) groups is 1. The maximum Gasteiger partial charge on any atom is 0.220 e. The number of nitriles is 1. The van der Waals surface area contributed by atoms with Gasteiger partial charge in [0.05, 0.1) is 23.7 Å². The van der Waals surface area contributed by atoms with E-state index in [9.17, 15) is 10.1 Å². The van der Waals surface area contributed by atoms with Crippen LogP contribution in [0.2, 0.25) is 0 Å². The van der Waals surface area contributed by atoms with Gasteiger partial charge >= 0.3 is 0 Å². The second-order valence-electron chi connectivity index (χ2n) is 10.3. The largest absolute Gasteiger partial charge is 0.497 e. The van der Waals surface area contributed by atoms with Crippen LogP contribution in [0.15, 0.2) is 48.5 Å². The minimum absolute atomic E-state index is 0.0866. The number of pyridine rings is 1. The molecule has 0 atom stereocenters. The number of carbonyl (C=O) groups excluding carboxylic acids is 1. The van der Waals surface area contributed by atoms with Crippen molar-refractivity contribution in [1.29, 1.82) is 5.26 Å². The first kappa shape index (κ1) is 24.3. The summed E-state index contributed by atoms with van der Waals surface area (Å²) in [5.74, 6) is 1.68. The average Bonchev–Trinajstić information content (AvgIpc) is 3.34. The van der Waals surface area contributed by atoms with E-state index in [0.29, 0.717) is 5.56 Å². The van der Waals surface area contributed by atoms with E-state index in [1.165, 1.54) is 11.1 Å². The Morgan fingerprint density at radius 1 is 1.11 bits per heavy atom. The molecule has 8 heteroatoms. The standard InChI is InChI=1S/C30H32N6O2/c1-38-22-8-6-20(7-9-22)10-14-34-15-13-23-24(18-31)29-33-26-4-2-3-5-27(26)36(29)30(25(23)19-34)35-16-11-21(12-17-35)28(32)37/h2-9,21H,10-17,19H2,1H3,(H2,32,37). The highest BCUT2D eigenvalue weighted by Crippen LogP contribution is 2.38. The van der Waals surface area contributed by atoms with Gasteiger partial charge in [-0.1, -0.05) is 24.3 Å². The molecule has 0 bridgehead atoms. The normalized spacial score (nSPS) is 16.5. The molecule has 0 unspecified atom stereocenters. The average molecular weight is 509 g/mol. The number of benzene rings is 2. The third-order valence-corrected chi connectivity index (χ3v) is 8.18. The number of nitrogens with two attached hydrogens (primary N) is 1. The molecule has 1 fully saturated rings. The summed E-state index contributed by atoms with van der Waals surface area (Å²) >= 11 is 0. The predicted octanol–water partition coefficient (Wildman–Crippen LogP) is 3.67. The van der Waals surface area contributed by atoms with E-state index in [2.05, 4.69) is 38.5 Å². The van der Waals surface area contributed by atoms with Crippen LogP contribution in [0.25, 0.3) is 16.7 Å². The van der Waals surface area contributed by atoms with Crippen LogP contribution in [-0.2, 0) is 24.2 Å². The Hall–Kier alpha value is -4.09. The van der Waals surface area contributed by atoms with Gasteiger partial charge in [-0.3, -0.25) is 14.1 Å². The van der Waals surface area contributed by atoms with Crippen molar-refractivity contribution in [1.82, 2.24) is 14.3 Å². The molecular formula is C30H32N6O2. The Balaban J connectivity index is 1.40. The molecule has 2 aromatic carbocycles. The topological polar surface area (TPSA) is 99.9 Å². The number of ether oxygens (including phenoxy) is 1. The number of hydrogen-bond donors (Lipinski definition) is 1. The Labute approximate surface area is 222 Å². The molecule has 2 aliphatic heterocycles. The molecule has 0 spiro atoms. The monoisotopic (exact) mass is 508 g/mol. The maximum absolute atomic E-state index is 11.9. The second-order valence-corrected chi connectivity index (χ2v) is 10.3. The summed E-state index contributed by atoms with van der Waals surface area (Å²) in [7, 11) is 1.68. The lowest BCUT2D eigenvalue weighted by molar-refractivity contribution is -0.122. The number of anilines is 1. The van der Waals surface area contributed by atoms with Gasteiger partial charge in [0.2, 0.25) is 5.91 Å². The third kappa shape index (κ3) is 4.23. The highest BCUT2D eigenvalue weighted by Gasteiger charge is 2.32. The van der Waals surface area contributed by atoms with Crippen molar-refractivity contribution in [2.24, 2.45) is 11.7 Å². The summed E-state index contributed by atoms with van der Waals surface area (Å²) in [6.07, 6.45) is 3.23. The van der Waals surface area contributed by atoms with E-state index in [-0.39, 0.29) is 11.8 Å². The van der Waals surface area contributed by atoms with E-state index in [1.807, 2.05) is 30.3 Å². The van der Waals surface area contributed by atoms with E-state index in [0.717, 1.165) is 92.2 Å². The fraction of sp³-hybridized carbons (Fsp3) is 0.367. The van der Waals surface area contributed by atoms with Gasteiger partial charge in [-0.15, -0.1) is 0 Å². The van der Waals surface area contributed by atoms with Crippen molar-refractivity contribution < 1.29 is 9.53 Å². The van der Waals surface area contributed by atoms with Gasteiger partial charge in [-0.05, 0) is 61.1 Å². The number of imidazole rings is 1. The number of hydrogen-bond acceptors (Lipinski definition) is 6. The molecule has 2 aliphatic rings. The van der Waals surface area contributed by atoms with Crippen LogP contribution in [0.3, 0.4) is 0 Å². The summed E-state index contributed by atoms with van der Waals surface area (Å²) in [4.78, 5) is 21.7. The van der Waals surface area contributed by atoms with Crippen molar-refractivity contribution in [3.05, 3.63) is 70.8 Å². The SMILES string of the molecule is COc1ccc(CCN2CCc3c(c(N4CCC(C(N)=O)CC4)n4c(nc5ccccc54)c3C#N)C2)cc1. The fourth-order valence-electron chi connectivity index (χ4n) is 6.07. The third-order valence-electron chi connectivity index (χ3n) is 8.18. The summed E-state index contributed by atoms with van der Waals surface area (Å²) in [6.45, 7) is 4.10. The Kier molecular flexibility index (Phi) is 6.38. The molecule has 194 valence electrons. The Bertz CT molecular complexity index is 1540. The number of fused-ring (bicyclic) bond motifs is 4. The maximum atomic E-state index is 11.9. The molecule has 0 aliphatic carbocycles. The minimum Gasteiger partial charge on any atom is -0.497 e. The fourth-order valence-corrected chi connectivity index (χ4v) is 6.07.